The summed E-state index contributed by atoms with van der Waals surface area (Å²) in [6, 6.07) is 4.43. The Balaban J connectivity index is 1.42. The molecule has 146 valence electrons. The molecule has 0 unspecified atom stereocenters. The van der Waals surface area contributed by atoms with Gasteiger partial charge in [0, 0.05) is 57.6 Å². The Morgan fingerprint density at radius 1 is 1.22 bits per heavy atom. The normalized spacial score (nSPS) is 20.9. The van der Waals surface area contributed by atoms with Gasteiger partial charge in [-0.15, -0.1) is 5.10 Å². The minimum Gasteiger partial charge on any atom is -0.378 e. The van der Waals surface area contributed by atoms with Crippen molar-refractivity contribution in [3.05, 3.63) is 29.6 Å². The second-order valence-corrected chi connectivity index (χ2v) is 7.36. The van der Waals surface area contributed by atoms with Gasteiger partial charge < -0.3 is 19.9 Å². The van der Waals surface area contributed by atoms with E-state index in [-0.39, 0.29) is 0 Å². The lowest BCUT2D eigenvalue weighted by atomic mass is 10.1. The quantitative estimate of drug-likeness (QED) is 0.844. The third kappa shape index (κ3) is 4.06. The molecule has 8 heteroatoms. The number of anilines is 2. The number of hydrogen-bond donors (Lipinski definition) is 1. The van der Waals surface area contributed by atoms with E-state index in [0.717, 1.165) is 63.9 Å². The Labute approximate surface area is 160 Å². The van der Waals surface area contributed by atoms with Crippen LogP contribution < -0.4 is 15.1 Å². The van der Waals surface area contributed by atoms with E-state index < -0.39 is 0 Å². The number of rotatable bonds is 5. The standard InChI is InChI=1S/C19H29N7O/c1-15-17(19(24(2)23-15)25-9-11-27-12-10-25)13-20-16-5-4-8-26(14-16)18-6-3-7-21-22-18/h3,6-7,16,20H,4-5,8-14H2,1-2H3/t16-/m1/s1. The second-order valence-electron chi connectivity index (χ2n) is 7.36. The lowest BCUT2D eigenvalue weighted by molar-refractivity contribution is 0.122. The topological polar surface area (TPSA) is 71.3 Å². The smallest absolute Gasteiger partial charge is 0.151 e. The summed E-state index contributed by atoms with van der Waals surface area (Å²) in [5.41, 5.74) is 2.41. The van der Waals surface area contributed by atoms with Gasteiger partial charge in [0.15, 0.2) is 5.82 Å². The highest BCUT2D eigenvalue weighted by Crippen LogP contribution is 2.25. The van der Waals surface area contributed by atoms with Crippen molar-refractivity contribution < 1.29 is 4.74 Å². The maximum absolute atomic E-state index is 5.51. The average molecular weight is 371 g/mol. The van der Waals surface area contributed by atoms with E-state index in [1.165, 1.54) is 17.8 Å². The number of morpholine rings is 1. The zero-order valence-corrected chi connectivity index (χ0v) is 16.3. The summed E-state index contributed by atoms with van der Waals surface area (Å²) in [7, 11) is 2.04. The highest BCUT2D eigenvalue weighted by atomic mass is 16.5. The molecule has 0 spiro atoms. The number of nitrogens with one attached hydrogen (secondary N) is 1. The highest BCUT2D eigenvalue weighted by molar-refractivity contribution is 5.50. The van der Waals surface area contributed by atoms with Gasteiger partial charge in [-0.05, 0) is 31.9 Å². The zero-order chi connectivity index (χ0) is 18.6. The Hall–Kier alpha value is -2.19. The Morgan fingerprint density at radius 2 is 2.07 bits per heavy atom. The van der Waals surface area contributed by atoms with E-state index in [0.29, 0.717) is 6.04 Å². The molecule has 2 aromatic rings. The molecule has 1 atom stereocenters. The van der Waals surface area contributed by atoms with Gasteiger partial charge in [0.1, 0.15) is 5.82 Å². The Morgan fingerprint density at radius 3 is 2.85 bits per heavy atom. The van der Waals surface area contributed by atoms with Crippen molar-refractivity contribution in [2.24, 2.45) is 7.05 Å². The van der Waals surface area contributed by atoms with E-state index in [2.05, 4.69) is 37.3 Å². The van der Waals surface area contributed by atoms with Crippen LogP contribution in [0.4, 0.5) is 11.6 Å². The molecule has 0 radical (unpaired) electrons. The number of aryl methyl sites for hydroxylation is 2. The summed E-state index contributed by atoms with van der Waals surface area (Å²) in [6.45, 7) is 8.37. The van der Waals surface area contributed by atoms with Gasteiger partial charge in [0.25, 0.3) is 0 Å². The predicted octanol–water partition coefficient (Wildman–Crippen LogP) is 1.11. The molecule has 2 aliphatic rings. The zero-order valence-electron chi connectivity index (χ0n) is 16.3. The largest absolute Gasteiger partial charge is 0.378 e. The molecule has 1 N–H and O–H groups in total. The van der Waals surface area contributed by atoms with Gasteiger partial charge >= 0.3 is 0 Å². The molecule has 4 rings (SSSR count). The lowest BCUT2D eigenvalue weighted by Crippen LogP contribution is -2.46. The minimum atomic E-state index is 0.443. The molecule has 0 amide bonds. The first-order valence-corrected chi connectivity index (χ1v) is 9.83. The van der Waals surface area contributed by atoms with E-state index in [9.17, 15) is 0 Å². The molecule has 4 heterocycles. The fourth-order valence-electron chi connectivity index (χ4n) is 4.13. The number of aromatic nitrogens is 4. The van der Waals surface area contributed by atoms with Crippen LogP contribution in [0.25, 0.3) is 0 Å². The third-order valence-electron chi connectivity index (χ3n) is 5.49. The molecule has 2 fully saturated rings. The van der Waals surface area contributed by atoms with Crippen molar-refractivity contribution >= 4 is 11.6 Å². The van der Waals surface area contributed by atoms with Crippen molar-refractivity contribution in [3.63, 3.8) is 0 Å². The van der Waals surface area contributed by atoms with E-state index >= 15 is 0 Å². The van der Waals surface area contributed by atoms with Crippen molar-refractivity contribution in [2.75, 3.05) is 49.2 Å². The average Bonchev–Trinajstić information content (AvgIpc) is 3.01. The minimum absolute atomic E-state index is 0.443. The summed E-state index contributed by atoms with van der Waals surface area (Å²) < 4.78 is 7.53. The predicted molar refractivity (Wildman–Crippen MR) is 105 cm³/mol. The van der Waals surface area contributed by atoms with Gasteiger partial charge in [-0.1, -0.05) is 0 Å². The van der Waals surface area contributed by atoms with Crippen molar-refractivity contribution in [1.29, 1.82) is 0 Å². The monoisotopic (exact) mass is 371 g/mol. The maximum Gasteiger partial charge on any atom is 0.151 e. The Kier molecular flexibility index (Phi) is 5.54. The first-order valence-electron chi connectivity index (χ1n) is 9.83. The fraction of sp³-hybridized carbons (Fsp3) is 0.632. The molecule has 0 saturated carbocycles. The van der Waals surface area contributed by atoms with Gasteiger partial charge in [-0.25, -0.2) is 0 Å². The van der Waals surface area contributed by atoms with Crippen LogP contribution in [0.5, 0.6) is 0 Å². The molecule has 27 heavy (non-hydrogen) atoms. The van der Waals surface area contributed by atoms with Crippen LogP contribution in [0.2, 0.25) is 0 Å². The second kappa shape index (κ2) is 8.22. The summed E-state index contributed by atoms with van der Waals surface area (Å²) >= 11 is 0. The van der Waals surface area contributed by atoms with Crippen molar-refractivity contribution in [3.8, 4) is 0 Å². The van der Waals surface area contributed by atoms with Crippen LogP contribution in [-0.2, 0) is 18.3 Å². The number of nitrogens with zero attached hydrogens (tertiary/aromatic N) is 6. The summed E-state index contributed by atoms with van der Waals surface area (Å²) in [5, 5.41) is 16.7. The van der Waals surface area contributed by atoms with E-state index in [1.807, 2.05) is 23.9 Å². The number of piperidine rings is 1. The van der Waals surface area contributed by atoms with Crippen LogP contribution in [-0.4, -0.2) is 65.4 Å². The molecule has 2 saturated heterocycles. The first kappa shape index (κ1) is 18.2. The summed E-state index contributed by atoms with van der Waals surface area (Å²) in [5.74, 6) is 2.19. The molecule has 8 nitrogen and oxygen atoms in total. The third-order valence-corrected chi connectivity index (χ3v) is 5.49. The molecule has 0 bridgehead atoms. The number of ether oxygens (including phenoxy) is 1. The van der Waals surface area contributed by atoms with Gasteiger partial charge in [-0.2, -0.15) is 10.2 Å². The van der Waals surface area contributed by atoms with Crippen LogP contribution in [0.1, 0.15) is 24.1 Å². The fourth-order valence-corrected chi connectivity index (χ4v) is 4.13. The first-order chi connectivity index (χ1) is 13.2. The highest BCUT2D eigenvalue weighted by Gasteiger charge is 2.24. The van der Waals surface area contributed by atoms with Crippen LogP contribution in [0.3, 0.4) is 0 Å². The van der Waals surface area contributed by atoms with Crippen LogP contribution in [0.15, 0.2) is 18.3 Å². The van der Waals surface area contributed by atoms with Gasteiger partial charge in [0.05, 0.1) is 18.9 Å². The molecule has 0 aliphatic carbocycles. The molecule has 2 aliphatic heterocycles. The van der Waals surface area contributed by atoms with Crippen molar-refractivity contribution in [1.82, 2.24) is 25.3 Å². The van der Waals surface area contributed by atoms with E-state index in [4.69, 9.17) is 4.74 Å². The van der Waals surface area contributed by atoms with E-state index in [1.54, 1.807) is 6.20 Å². The number of hydrogen-bond acceptors (Lipinski definition) is 7. The van der Waals surface area contributed by atoms with Crippen LogP contribution >= 0.6 is 0 Å². The van der Waals surface area contributed by atoms with Crippen molar-refractivity contribution in [2.45, 2.75) is 32.4 Å². The molecule has 0 aromatic carbocycles. The summed E-state index contributed by atoms with van der Waals surface area (Å²) in [4.78, 5) is 4.72. The lowest BCUT2D eigenvalue weighted by Gasteiger charge is -2.34. The SMILES string of the molecule is Cc1nn(C)c(N2CCOCC2)c1CN[C@@H]1CCCN(c2cccnn2)C1. The molecule has 2 aromatic heterocycles. The molecular formula is C19H29N7O. The maximum atomic E-state index is 5.51. The van der Waals surface area contributed by atoms with Gasteiger partial charge in [-0.3, -0.25) is 4.68 Å². The molecular weight excluding hydrogens is 342 g/mol. The summed E-state index contributed by atoms with van der Waals surface area (Å²) in [6.07, 6.45) is 4.07. The Bertz CT molecular complexity index is 742. The van der Waals surface area contributed by atoms with Gasteiger partial charge in [0.2, 0.25) is 0 Å². The van der Waals surface area contributed by atoms with Crippen LogP contribution in [0, 0.1) is 6.92 Å².